The number of phenolic OH excluding ortho intramolecular Hbond substituents is 1. The molecule has 0 spiro atoms. The van der Waals surface area contributed by atoms with E-state index >= 15 is 0 Å². The summed E-state index contributed by atoms with van der Waals surface area (Å²) in [6.45, 7) is -0.112. The number of benzene rings is 1. The molecule has 19 heavy (non-hydrogen) atoms. The Morgan fingerprint density at radius 3 is 3.00 bits per heavy atom. The third-order valence-electron chi connectivity index (χ3n) is 3.24. The lowest BCUT2D eigenvalue weighted by atomic mass is 10.1. The normalized spacial score (nSPS) is 13.6. The average Bonchev–Trinajstić information content (AvgIpc) is 2.79. The highest BCUT2D eigenvalue weighted by atomic mass is 79.9. The molecule has 2 aromatic rings. The molecule has 1 aliphatic rings. The Hall–Kier alpha value is -1.59. The molecule has 0 bridgehead atoms. The van der Waals surface area contributed by atoms with Crippen LogP contribution >= 0.6 is 15.9 Å². The molecule has 2 N–H and O–H groups in total. The summed E-state index contributed by atoms with van der Waals surface area (Å²) in [4.78, 5) is 4.56. The predicted molar refractivity (Wildman–Crippen MR) is 76.6 cm³/mol. The Labute approximate surface area is 119 Å². The number of rotatable bonds is 2. The summed E-state index contributed by atoms with van der Waals surface area (Å²) in [5.41, 5.74) is 1.98. The predicted octanol–water partition coefficient (Wildman–Crippen LogP) is 2.93. The second kappa shape index (κ2) is 4.83. The van der Waals surface area contributed by atoms with Gasteiger partial charge in [-0.2, -0.15) is 0 Å². The zero-order valence-electron chi connectivity index (χ0n) is 10.2. The number of allylic oxidation sites excluding steroid dienone is 1. The largest absolute Gasteiger partial charge is 0.507 e. The Kier molecular flexibility index (Phi) is 3.16. The van der Waals surface area contributed by atoms with Gasteiger partial charge < -0.3 is 14.8 Å². The smallest absolute Gasteiger partial charge is 0.125 e. The Balaban J connectivity index is 2.23. The summed E-state index contributed by atoms with van der Waals surface area (Å²) >= 11 is 3.39. The molecule has 0 atom stereocenters. The van der Waals surface area contributed by atoms with Gasteiger partial charge in [0.05, 0.1) is 18.0 Å². The van der Waals surface area contributed by atoms with Crippen molar-refractivity contribution in [2.24, 2.45) is 0 Å². The molecule has 3 rings (SSSR count). The number of aliphatic hydroxyl groups is 1. The molecule has 0 aliphatic carbocycles. The van der Waals surface area contributed by atoms with Gasteiger partial charge in [-0.15, -0.1) is 0 Å². The molecule has 4 nitrogen and oxygen atoms in total. The summed E-state index contributed by atoms with van der Waals surface area (Å²) in [6.07, 6.45) is 5.78. The van der Waals surface area contributed by atoms with Crippen LogP contribution in [0.4, 0.5) is 0 Å². The quantitative estimate of drug-likeness (QED) is 0.894. The van der Waals surface area contributed by atoms with Gasteiger partial charge >= 0.3 is 0 Å². The molecule has 0 radical (unpaired) electrons. The molecular formula is C14H13BrN2O2. The molecule has 1 aromatic carbocycles. The van der Waals surface area contributed by atoms with Crippen LogP contribution in [0.2, 0.25) is 0 Å². The molecule has 0 saturated heterocycles. The van der Waals surface area contributed by atoms with Crippen molar-refractivity contribution in [2.75, 3.05) is 0 Å². The number of aliphatic hydroxyl groups excluding tert-OH is 1. The summed E-state index contributed by atoms with van der Waals surface area (Å²) in [5, 5.41) is 19.6. The molecule has 2 heterocycles. The molecule has 1 aromatic heterocycles. The third-order valence-corrected chi connectivity index (χ3v) is 3.73. The molecule has 0 amide bonds. The molecular weight excluding hydrogens is 308 g/mol. The number of phenols is 1. The van der Waals surface area contributed by atoms with Crippen molar-refractivity contribution in [3.63, 3.8) is 0 Å². The van der Waals surface area contributed by atoms with Crippen LogP contribution in [0.5, 0.6) is 5.75 Å². The van der Waals surface area contributed by atoms with Crippen LogP contribution < -0.4 is 0 Å². The lowest BCUT2D eigenvalue weighted by Crippen LogP contribution is -2.04. The van der Waals surface area contributed by atoms with Crippen LogP contribution in [0.25, 0.3) is 17.5 Å². The van der Waals surface area contributed by atoms with E-state index in [1.165, 1.54) is 0 Å². The van der Waals surface area contributed by atoms with E-state index in [1.54, 1.807) is 12.1 Å². The molecule has 0 fully saturated rings. The summed E-state index contributed by atoms with van der Waals surface area (Å²) < 4.78 is 2.77. The Bertz CT molecular complexity index is 662. The van der Waals surface area contributed by atoms with Crippen LogP contribution in [0, 0.1) is 0 Å². The van der Waals surface area contributed by atoms with Gasteiger partial charge in [-0.05, 0) is 24.6 Å². The molecule has 0 unspecified atom stereocenters. The van der Waals surface area contributed by atoms with Gasteiger partial charge in [-0.1, -0.05) is 22.0 Å². The molecule has 5 heteroatoms. The van der Waals surface area contributed by atoms with E-state index in [0.29, 0.717) is 17.0 Å². The molecule has 0 saturated carbocycles. The Morgan fingerprint density at radius 2 is 2.21 bits per heavy atom. The van der Waals surface area contributed by atoms with E-state index in [4.69, 9.17) is 0 Å². The summed E-state index contributed by atoms with van der Waals surface area (Å²) in [7, 11) is 0. The minimum Gasteiger partial charge on any atom is -0.507 e. The maximum Gasteiger partial charge on any atom is 0.125 e. The van der Waals surface area contributed by atoms with Crippen molar-refractivity contribution in [3.05, 3.63) is 40.3 Å². The van der Waals surface area contributed by atoms with Crippen LogP contribution in [-0.4, -0.2) is 19.8 Å². The van der Waals surface area contributed by atoms with Crippen LogP contribution in [0.15, 0.2) is 28.7 Å². The fraction of sp³-hybridized carbons (Fsp3) is 0.214. The SMILES string of the molecule is OCc1c(-c2cc(Br)ccc2O)nc2n1C=CCC2. The van der Waals surface area contributed by atoms with Crippen molar-refractivity contribution in [1.82, 2.24) is 9.55 Å². The maximum atomic E-state index is 10.00. The highest BCUT2D eigenvalue weighted by Crippen LogP contribution is 2.34. The van der Waals surface area contributed by atoms with Crippen molar-refractivity contribution in [1.29, 1.82) is 0 Å². The van der Waals surface area contributed by atoms with Crippen molar-refractivity contribution in [2.45, 2.75) is 19.4 Å². The molecule has 98 valence electrons. The summed E-state index contributed by atoms with van der Waals surface area (Å²) in [5.74, 6) is 1.08. The van der Waals surface area contributed by atoms with Gasteiger partial charge in [-0.25, -0.2) is 4.98 Å². The lowest BCUT2D eigenvalue weighted by molar-refractivity contribution is 0.275. The number of imidazole rings is 1. The number of halogens is 1. The van der Waals surface area contributed by atoms with E-state index in [2.05, 4.69) is 27.0 Å². The average molecular weight is 321 g/mol. The maximum absolute atomic E-state index is 10.00. The van der Waals surface area contributed by atoms with E-state index in [0.717, 1.165) is 23.1 Å². The highest BCUT2D eigenvalue weighted by molar-refractivity contribution is 9.10. The molecule has 1 aliphatic heterocycles. The first kappa shape index (κ1) is 12.4. The Morgan fingerprint density at radius 1 is 1.37 bits per heavy atom. The van der Waals surface area contributed by atoms with Gasteiger partial charge in [0, 0.05) is 22.7 Å². The van der Waals surface area contributed by atoms with E-state index in [9.17, 15) is 10.2 Å². The van der Waals surface area contributed by atoms with Gasteiger partial charge in [0.1, 0.15) is 11.6 Å². The fourth-order valence-electron chi connectivity index (χ4n) is 2.33. The van der Waals surface area contributed by atoms with Crippen molar-refractivity contribution in [3.8, 4) is 17.0 Å². The number of aryl methyl sites for hydroxylation is 1. The van der Waals surface area contributed by atoms with Crippen molar-refractivity contribution >= 4 is 22.1 Å². The second-order valence-electron chi connectivity index (χ2n) is 4.44. The van der Waals surface area contributed by atoms with E-state index in [1.807, 2.05) is 16.8 Å². The number of nitrogens with zero attached hydrogens (tertiary/aromatic N) is 2. The number of hydrogen-bond acceptors (Lipinski definition) is 3. The van der Waals surface area contributed by atoms with Gasteiger partial charge in [-0.3, -0.25) is 0 Å². The number of fused-ring (bicyclic) bond motifs is 1. The fourth-order valence-corrected chi connectivity index (χ4v) is 2.69. The van der Waals surface area contributed by atoms with Gasteiger partial charge in [0.15, 0.2) is 0 Å². The van der Waals surface area contributed by atoms with Gasteiger partial charge in [0.25, 0.3) is 0 Å². The minimum absolute atomic E-state index is 0.112. The first-order chi connectivity index (χ1) is 9.20. The van der Waals surface area contributed by atoms with E-state index in [-0.39, 0.29) is 12.4 Å². The zero-order valence-corrected chi connectivity index (χ0v) is 11.8. The lowest BCUT2D eigenvalue weighted by Gasteiger charge is -2.09. The number of aromatic nitrogens is 2. The highest BCUT2D eigenvalue weighted by Gasteiger charge is 2.20. The minimum atomic E-state index is -0.112. The van der Waals surface area contributed by atoms with Crippen molar-refractivity contribution < 1.29 is 10.2 Å². The second-order valence-corrected chi connectivity index (χ2v) is 5.35. The van der Waals surface area contributed by atoms with E-state index < -0.39 is 0 Å². The number of hydrogen-bond donors (Lipinski definition) is 2. The first-order valence-corrected chi connectivity index (χ1v) is 6.86. The van der Waals surface area contributed by atoms with Crippen LogP contribution in [0.1, 0.15) is 17.9 Å². The number of aromatic hydroxyl groups is 1. The standard InChI is InChI=1S/C14H13BrN2O2/c15-9-4-5-12(19)10(7-9)14-11(8-18)17-6-2-1-3-13(17)16-14/h2,4-7,18-19H,1,3,8H2. The zero-order chi connectivity index (χ0) is 13.4. The monoisotopic (exact) mass is 320 g/mol. The van der Waals surface area contributed by atoms with Gasteiger partial charge in [0.2, 0.25) is 0 Å². The summed E-state index contributed by atoms with van der Waals surface area (Å²) in [6, 6.07) is 5.20. The third kappa shape index (κ3) is 2.09. The van der Waals surface area contributed by atoms with Crippen LogP contribution in [0.3, 0.4) is 0 Å². The topological polar surface area (TPSA) is 58.3 Å². The first-order valence-electron chi connectivity index (χ1n) is 6.07. The van der Waals surface area contributed by atoms with Crippen LogP contribution in [-0.2, 0) is 13.0 Å².